The van der Waals surface area contributed by atoms with Crippen LogP contribution in [0.5, 0.6) is 0 Å². The predicted molar refractivity (Wildman–Crippen MR) is 64.5 cm³/mol. The third-order valence-electron chi connectivity index (χ3n) is 1.97. The molecule has 0 aliphatic heterocycles. The average Bonchev–Trinajstić information content (AvgIpc) is 2.67. The molecular weight excluding hydrogens is 291 g/mol. The van der Waals surface area contributed by atoms with E-state index in [9.17, 15) is 4.39 Å². The van der Waals surface area contributed by atoms with Gasteiger partial charge in [-0.2, -0.15) is 5.26 Å². The number of thiazole rings is 1. The van der Waals surface area contributed by atoms with Crippen molar-refractivity contribution in [1.82, 2.24) is 4.98 Å². The van der Waals surface area contributed by atoms with E-state index in [1.54, 1.807) is 17.5 Å². The summed E-state index contributed by atoms with van der Waals surface area (Å²) in [4.78, 5) is 4.20. The van der Waals surface area contributed by atoms with Crippen LogP contribution in [-0.2, 0) is 6.42 Å². The topological polar surface area (TPSA) is 36.7 Å². The third-order valence-corrected chi connectivity index (χ3v) is 3.39. The fraction of sp³-hybridized carbons (Fsp3) is 0.0909. The van der Waals surface area contributed by atoms with Crippen LogP contribution in [0.1, 0.15) is 5.69 Å². The fourth-order valence-electron chi connectivity index (χ4n) is 1.26. The Morgan fingerprint density at radius 1 is 1.50 bits per heavy atom. The van der Waals surface area contributed by atoms with E-state index in [0.717, 1.165) is 0 Å². The largest absolute Gasteiger partial charge is 0.240 e. The molecule has 0 atom stereocenters. The van der Waals surface area contributed by atoms with E-state index in [1.165, 1.54) is 17.4 Å². The zero-order chi connectivity index (χ0) is 11.5. The second-order valence-electron chi connectivity index (χ2n) is 3.10. The number of hydrogen-bond acceptors (Lipinski definition) is 3. The summed E-state index contributed by atoms with van der Waals surface area (Å²) in [6.45, 7) is 0. The van der Waals surface area contributed by atoms with Gasteiger partial charge in [0.25, 0.3) is 0 Å². The second kappa shape index (κ2) is 4.73. The van der Waals surface area contributed by atoms with Gasteiger partial charge in [-0.1, -0.05) is 15.9 Å². The van der Waals surface area contributed by atoms with Crippen molar-refractivity contribution in [3.05, 3.63) is 39.6 Å². The van der Waals surface area contributed by atoms with Gasteiger partial charge in [-0.25, -0.2) is 9.37 Å². The Balaban J connectivity index is 2.39. The van der Waals surface area contributed by atoms with E-state index in [4.69, 9.17) is 5.26 Å². The quantitative estimate of drug-likeness (QED) is 0.846. The minimum Gasteiger partial charge on any atom is -0.240 e. The van der Waals surface area contributed by atoms with Gasteiger partial charge in [0, 0.05) is 15.4 Å². The molecule has 2 aromatic rings. The van der Waals surface area contributed by atoms with Crippen molar-refractivity contribution in [1.29, 1.82) is 5.26 Å². The molecule has 0 spiro atoms. The van der Waals surface area contributed by atoms with Crippen LogP contribution in [-0.4, -0.2) is 4.98 Å². The van der Waals surface area contributed by atoms with Gasteiger partial charge < -0.3 is 0 Å². The van der Waals surface area contributed by atoms with Gasteiger partial charge in [0.2, 0.25) is 0 Å². The SMILES string of the molecule is N#CCc1csc(-c2ccc(Br)cc2F)n1. The van der Waals surface area contributed by atoms with Crippen LogP contribution in [0.4, 0.5) is 4.39 Å². The van der Waals surface area contributed by atoms with Gasteiger partial charge in [0.15, 0.2) is 0 Å². The summed E-state index contributed by atoms with van der Waals surface area (Å²) in [5.41, 5.74) is 1.15. The van der Waals surface area contributed by atoms with Crippen LogP contribution in [0.15, 0.2) is 28.1 Å². The molecule has 80 valence electrons. The average molecular weight is 297 g/mol. The fourth-order valence-corrected chi connectivity index (χ4v) is 2.44. The molecule has 2 rings (SSSR count). The summed E-state index contributed by atoms with van der Waals surface area (Å²) in [6, 6.07) is 6.86. The monoisotopic (exact) mass is 296 g/mol. The molecule has 0 saturated heterocycles. The highest BCUT2D eigenvalue weighted by Crippen LogP contribution is 2.28. The molecule has 0 unspecified atom stereocenters. The number of nitriles is 1. The highest BCUT2D eigenvalue weighted by atomic mass is 79.9. The Morgan fingerprint density at radius 2 is 2.31 bits per heavy atom. The summed E-state index contributed by atoms with van der Waals surface area (Å²) in [5, 5.41) is 10.9. The van der Waals surface area contributed by atoms with Crippen molar-refractivity contribution in [2.45, 2.75) is 6.42 Å². The standard InChI is InChI=1S/C11H6BrFN2S/c12-7-1-2-9(10(13)5-7)11-15-8(3-4-14)6-16-11/h1-2,5-6H,3H2. The first-order valence-corrected chi connectivity index (χ1v) is 6.15. The Labute approximate surface area is 105 Å². The third kappa shape index (κ3) is 2.29. The van der Waals surface area contributed by atoms with Crippen LogP contribution in [0.2, 0.25) is 0 Å². The molecule has 0 fully saturated rings. The summed E-state index contributed by atoms with van der Waals surface area (Å²) >= 11 is 4.54. The lowest BCUT2D eigenvalue weighted by atomic mass is 10.2. The zero-order valence-electron chi connectivity index (χ0n) is 8.08. The molecule has 0 N–H and O–H groups in total. The molecule has 1 aromatic carbocycles. The van der Waals surface area contributed by atoms with E-state index in [2.05, 4.69) is 20.9 Å². The summed E-state index contributed by atoms with van der Waals surface area (Å²) in [6.07, 6.45) is 0.259. The van der Waals surface area contributed by atoms with Crippen molar-refractivity contribution in [3.8, 4) is 16.6 Å². The Morgan fingerprint density at radius 3 is 3.00 bits per heavy atom. The maximum absolute atomic E-state index is 13.6. The van der Waals surface area contributed by atoms with Crippen molar-refractivity contribution < 1.29 is 4.39 Å². The normalized spacial score (nSPS) is 10.1. The molecule has 2 nitrogen and oxygen atoms in total. The van der Waals surface area contributed by atoms with Gasteiger partial charge in [-0.3, -0.25) is 0 Å². The predicted octanol–water partition coefficient (Wildman–Crippen LogP) is 3.78. The molecule has 5 heteroatoms. The summed E-state index contributed by atoms with van der Waals surface area (Å²) < 4.78 is 14.3. The Bertz CT molecular complexity index is 559. The highest BCUT2D eigenvalue weighted by Gasteiger charge is 2.09. The lowest BCUT2D eigenvalue weighted by Crippen LogP contribution is -1.85. The molecule has 0 bridgehead atoms. The van der Waals surface area contributed by atoms with Crippen molar-refractivity contribution in [2.24, 2.45) is 0 Å². The molecule has 1 heterocycles. The smallest absolute Gasteiger partial charge is 0.134 e. The van der Waals surface area contributed by atoms with Crippen LogP contribution in [0.3, 0.4) is 0 Å². The van der Waals surface area contributed by atoms with Gasteiger partial charge in [-0.05, 0) is 18.2 Å². The highest BCUT2D eigenvalue weighted by molar-refractivity contribution is 9.10. The van der Waals surface area contributed by atoms with E-state index in [1.807, 2.05) is 6.07 Å². The molecule has 0 radical (unpaired) electrons. The van der Waals surface area contributed by atoms with Gasteiger partial charge in [-0.15, -0.1) is 11.3 Å². The van der Waals surface area contributed by atoms with Crippen LogP contribution in [0, 0.1) is 17.1 Å². The molecule has 0 amide bonds. The number of halogens is 2. The van der Waals surface area contributed by atoms with Gasteiger partial charge >= 0.3 is 0 Å². The Kier molecular flexibility index (Phi) is 3.32. The van der Waals surface area contributed by atoms with Crippen molar-refractivity contribution in [3.63, 3.8) is 0 Å². The van der Waals surface area contributed by atoms with Crippen molar-refractivity contribution >= 4 is 27.3 Å². The molecule has 0 saturated carbocycles. The summed E-state index contributed by atoms with van der Waals surface area (Å²) in [5.74, 6) is -0.313. The van der Waals surface area contributed by atoms with E-state index in [0.29, 0.717) is 20.7 Å². The first kappa shape index (κ1) is 11.2. The maximum atomic E-state index is 13.6. The lowest BCUT2D eigenvalue weighted by Gasteiger charge is -1.98. The van der Waals surface area contributed by atoms with Crippen LogP contribution >= 0.6 is 27.3 Å². The zero-order valence-corrected chi connectivity index (χ0v) is 10.5. The Hall–Kier alpha value is -1.25. The minimum absolute atomic E-state index is 0.259. The summed E-state index contributed by atoms with van der Waals surface area (Å²) in [7, 11) is 0. The molecule has 16 heavy (non-hydrogen) atoms. The number of nitrogens with zero attached hydrogens (tertiary/aromatic N) is 2. The maximum Gasteiger partial charge on any atom is 0.134 e. The molecule has 0 aliphatic rings. The van der Waals surface area contributed by atoms with E-state index in [-0.39, 0.29) is 12.2 Å². The number of benzene rings is 1. The number of hydrogen-bond donors (Lipinski definition) is 0. The lowest BCUT2D eigenvalue weighted by molar-refractivity contribution is 0.630. The molecular formula is C11H6BrFN2S. The van der Waals surface area contributed by atoms with Crippen LogP contribution < -0.4 is 0 Å². The van der Waals surface area contributed by atoms with Crippen molar-refractivity contribution in [2.75, 3.05) is 0 Å². The second-order valence-corrected chi connectivity index (χ2v) is 4.88. The van der Waals surface area contributed by atoms with Gasteiger partial charge in [0.1, 0.15) is 10.8 Å². The van der Waals surface area contributed by atoms with Crippen LogP contribution in [0.25, 0.3) is 10.6 Å². The molecule has 0 aliphatic carbocycles. The first-order valence-electron chi connectivity index (χ1n) is 4.47. The minimum atomic E-state index is -0.313. The number of aromatic nitrogens is 1. The van der Waals surface area contributed by atoms with E-state index >= 15 is 0 Å². The van der Waals surface area contributed by atoms with E-state index < -0.39 is 0 Å². The number of rotatable bonds is 2. The molecule has 1 aromatic heterocycles. The van der Waals surface area contributed by atoms with Gasteiger partial charge in [0.05, 0.1) is 18.2 Å². The first-order chi connectivity index (χ1) is 7.70.